The number of nitro groups is 1. The summed E-state index contributed by atoms with van der Waals surface area (Å²) < 4.78 is 5.31. The third kappa shape index (κ3) is 4.31. The van der Waals surface area contributed by atoms with E-state index in [0.29, 0.717) is 12.3 Å². The van der Waals surface area contributed by atoms with E-state index in [0.717, 1.165) is 0 Å². The molecule has 1 aromatic carbocycles. The number of nitrogens with two attached hydrogens (primary N) is 1. The smallest absolute Gasteiger partial charge is 0.292 e. The summed E-state index contributed by atoms with van der Waals surface area (Å²) in [6, 6.07) is 4.24. The van der Waals surface area contributed by atoms with Crippen LogP contribution in [0.3, 0.4) is 0 Å². The highest BCUT2D eigenvalue weighted by atomic mass is 16.6. The molecule has 0 bridgehead atoms. The molecule has 1 aromatic rings. The molecule has 0 fully saturated rings. The van der Waals surface area contributed by atoms with E-state index in [2.05, 4.69) is 11.8 Å². The Kier molecular flexibility index (Phi) is 4.96. The number of nitro benzene ring substituents is 1. The largest absolute Gasteiger partial charge is 0.481 e. The van der Waals surface area contributed by atoms with Crippen molar-refractivity contribution in [2.75, 3.05) is 33.0 Å². The number of hydrogen-bond acceptors (Lipinski definition) is 5. The maximum atomic E-state index is 10.6. The maximum absolute atomic E-state index is 10.6. The molecular weight excluding hydrogens is 234 g/mol. The Morgan fingerprint density at radius 1 is 1.44 bits per heavy atom. The third-order valence-corrected chi connectivity index (χ3v) is 2.03. The molecule has 0 atom stereocenters. The van der Waals surface area contributed by atoms with E-state index in [9.17, 15) is 10.1 Å². The lowest BCUT2D eigenvalue weighted by Gasteiger charge is -2.04. The fourth-order valence-electron chi connectivity index (χ4n) is 1.17. The zero-order valence-electron chi connectivity index (χ0n) is 10.3. The summed E-state index contributed by atoms with van der Waals surface area (Å²) in [5.74, 6) is 6.21. The first-order valence-corrected chi connectivity index (χ1v) is 5.28. The molecule has 96 valence electrons. The molecule has 0 aliphatic rings. The molecule has 0 aliphatic carbocycles. The van der Waals surface area contributed by atoms with Crippen molar-refractivity contribution in [2.45, 2.75) is 0 Å². The molecular formula is C12H15N3O3. The normalized spacial score (nSPS) is 9.72. The average Bonchev–Trinajstić information content (AvgIpc) is 2.27. The van der Waals surface area contributed by atoms with Gasteiger partial charge in [0, 0.05) is 12.1 Å². The van der Waals surface area contributed by atoms with Crippen molar-refractivity contribution < 1.29 is 9.66 Å². The SMILES string of the molecule is CN(C)CC#CCOc1ccc([N+](=O)[O-])c(N)c1. The van der Waals surface area contributed by atoms with Crippen LogP contribution in [0.2, 0.25) is 0 Å². The Morgan fingerprint density at radius 2 is 2.17 bits per heavy atom. The Labute approximate surface area is 105 Å². The molecule has 0 aromatic heterocycles. The summed E-state index contributed by atoms with van der Waals surface area (Å²) >= 11 is 0. The molecule has 18 heavy (non-hydrogen) atoms. The van der Waals surface area contributed by atoms with Crippen LogP contribution in [-0.4, -0.2) is 37.1 Å². The predicted molar refractivity (Wildman–Crippen MR) is 69.3 cm³/mol. The first-order valence-electron chi connectivity index (χ1n) is 5.28. The monoisotopic (exact) mass is 249 g/mol. The van der Waals surface area contributed by atoms with Crippen molar-refractivity contribution in [3.05, 3.63) is 28.3 Å². The van der Waals surface area contributed by atoms with Gasteiger partial charge in [0.05, 0.1) is 11.5 Å². The van der Waals surface area contributed by atoms with Gasteiger partial charge in [0.1, 0.15) is 18.0 Å². The lowest BCUT2D eigenvalue weighted by Crippen LogP contribution is -2.11. The summed E-state index contributed by atoms with van der Waals surface area (Å²) in [6.07, 6.45) is 0. The fourth-order valence-corrected chi connectivity index (χ4v) is 1.17. The van der Waals surface area contributed by atoms with E-state index < -0.39 is 4.92 Å². The van der Waals surface area contributed by atoms with E-state index in [1.165, 1.54) is 18.2 Å². The Hall–Kier alpha value is -2.26. The molecule has 2 N–H and O–H groups in total. The van der Waals surface area contributed by atoms with Crippen LogP contribution >= 0.6 is 0 Å². The number of benzene rings is 1. The highest BCUT2D eigenvalue weighted by Gasteiger charge is 2.11. The van der Waals surface area contributed by atoms with Crippen LogP contribution in [0, 0.1) is 22.0 Å². The van der Waals surface area contributed by atoms with Crippen molar-refractivity contribution >= 4 is 11.4 Å². The van der Waals surface area contributed by atoms with Gasteiger partial charge in [0.15, 0.2) is 0 Å². The van der Waals surface area contributed by atoms with Gasteiger partial charge >= 0.3 is 0 Å². The zero-order chi connectivity index (χ0) is 13.5. The number of nitrogen functional groups attached to an aromatic ring is 1. The van der Waals surface area contributed by atoms with Crippen molar-refractivity contribution in [3.8, 4) is 17.6 Å². The predicted octanol–water partition coefficient (Wildman–Crippen LogP) is 1.12. The van der Waals surface area contributed by atoms with Gasteiger partial charge in [0.2, 0.25) is 0 Å². The van der Waals surface area contributed by atoms with Crippen LogP contribution in [0.5, 0.6) is 5.75 Å². The van der Waals surface area contributed by atoms with Crippen molar-refractivity contribution in [1.29, 1.82) is 0 Å². The van der Waals surface area contributed by atoms with Crippen molar-refractivity contribution in [1.82, 2.24) is 4.90 Å². The van der Waals surface area contributed by atoms with E-state index >= 15 is 0 Å². The van der Waals surface area contributed by atoms with Gasteiger partial charge in [-0.05, 0) is 20.2 Å². The Balaban J connectivity index is 2.55. The minimum absolute atomic E-state index is 0.0822. The number of hydrogen-bond donors (Lipinski definition) is 1. The molecule has 0 amide bonds. The standard InChI is InChI=1S/C12H15N3O3/c1-14(2)7-3-4-8-18-10-5-6-12(15(16)17)11(13)9-10/h5-6,9H,7-8,13H2,1-2H3. The molecule has 0 aliphatic heterocycles. The number of anilines is 1. The minimum atomic E-state index is -0.532. The highest BCUT2D eigenvalue weighted by molar-refractivity contribution is 5.60. The molecule has 0 radical (unpaired) electrons. The average molecular weight is 249 g/mol. The first-order chi connectivity index (χ1) is 8.50. The molecule has 0 heterocycles. The molecule has 6 nitrogen and oxygen atoms in total. The van der Waals surface area contributed by atoms with E-state index in [1.54, 1.807) is 0 Å². The number of ether oxygens (including phenoxy) is 1. The number of rotatable bonds is 4. The van der Waals surface area contributed by atoms with Crippen LogP contribution in [0.25, 0.3) is 0 Å². The maximum Gasteiger partial charge on any atom is 0.292 e. The summed E-state index contributed by atoms with van der Waals surface area (Å²) in [4.78, 5) is 12.0. The molecule has 0 saturated carbocycles. The molecule has 0 unspecified atom stereocenters. The van der Waals surface area contributed by atoms with E-state index in [4.69, 9.17) is 10.5 Å². The van der Waals surface area contributed by atoms with Gasteiger partial charge in [-0.15, -0.1) is 0 Å². The van der Waals surface area contributed by atoms with Crippen LogP contribution in [0.1, 0.15) is 0 Å². The summed E-state index contributed by atoms with van der Waals surface area (Å²) in [6.45, 7) is 0.886. The second-order valence-electron chi connectivity index (χ2n) is 3.86. The van der Waals surface area contributed by atoms with Crippen molar-refractivity contribution in [3.63, 3.8) is 0 Å². The summed E-state index contributed by atoms with van der Waals surface area (Å²) in [5.41, 5.74) is 5.49. The van der Waals surface area contributed by atoms with Gasteiger partial charge in [0.25, 0.3) is 5.69 Å². The lowest BCUT2D eigenvalue weighted by molar-refractivity contribution is -0.383. The molecule has 0 spiro atoms. The Morgan fingerprint density at radius 3 is 2.72 bits per heavy atom. The Bertz CT molecular complexity index is 489. The van der Waals surface area contributed by atoms with E-state index in [1.807, 2.05) is 19.0 Å². The van der Waals surface area contributed by atoms with Crippen LogP contribution < -0.4 is 10.5 Å². The molecule has 0 saturated heterocycles. The molecule has 1 rings (SSSR count). The fraction of sp³-hybridized carbons (Fsp3) is 0.333. The second kappa shape index (κ2) is 6.47. The number of nitrogens with zero attached hydrogens (tertiary/aromatic N) is 2. The van der Waals surface area contributed by atoms with Crippen LogP contribution in [-0.2, 0) is 0 Å². The minimum Gasteiger partial charge on any atom is -0.481 e. The zero-order valence-corrected chi connectivity index (χ0v) is 10.3. The topological polar surface area (TPSA) is 81.6 Å². The van der Waals surface area contributed by atoms with Gasteiger partial charge in [-0.3, -0.25) is 15.0 Å². The van der Waals surface area contributed by atoms with Crippen molar-refractivity contribution in [2.24, 2.45) is 0 Å². The van der Waals surface area contributed by atoms with Gasteiger partial charge in [-0.25, -0.2) is 0 Å². The summed E-state index contributed by atoms with van der Waals surface area (Å²) in [5, 5.41) is 10.6. The second-order valence-corrected chi connectivity index (χ2v) is 3.86. The third-order valence-electron chi connectivity index (χ3n) is 2.03. The van der Waals surface area contributed by atoms with Gasteiger partial charge in [-0.2, -0.15) is 0 Å². The quantitative estimate of drug-likeness (QED) is 0.374. The highest BCUT2D eigenvalue weighted by Crippen LogP contribution is 2.25. The van der Waals surface area contributed by atoms with Crippen LogP contribution in [0.4, 0.5) is 11.4 Å². The van der Waals surface area contributed by atoms with Gasteiger partial charge in [-0.1, -0.05) is 11.8 Å². The van der Waals surface area contributed by atoms with E-state index in [-0.39, 0.29) is 18.0 Å². The summed E-state index contributed by atoms with van der Waals surface area (Å²) in [7, 11) is 3.85. The first kappa shape index (κ1) is 13.8. The van der Waals surface area contributed by atoms with Gasteiger partial charge < -0.3 is 10.5 Å². The van der Waals surface area contributed by atoms with Crippen LogP contribution in [0.15, 0.2) is 18.2 Å². The molecule has 6 heteroatoms. The lowest BCUT2D eigenvalue weighted by atomic mass is 10.2.